The van der Waals surface area contributed by atoms with Gasteiger partial charge in [0.1, 0.15) is 0 Å². The Morgan fingerprint density at radius 2 is 0.475 bits per heavy atom. The van der Waals surface area contributed by atoms with Gasteiger partial charge in [0.15, 0.2) is 11.6 Å². The molecule has 2 aliphatic heterocycles. The van der Waals surface area contributed by atoms with E-state index in [1.165, 1.54) is 22.3 Å². The van der Waals surface area contributed by atoms with Crippen LogP contribution >= 0.6 is 0 Å². The van der Waals surface area contributed by atoms with Crippen LogP contribution in [0.2, 0.25) is 0 Å². The lowest BCUT2D eigenvalue weighted by Crippen LogP contribution is -2.30. The first-order chi connectivity index (χ1) is 39.2. The highest BCUT2D eigenvalue weighted by Crippen LogP contribution is 2.55. The van der Waals surface area contributed by atoms with Crippen LogP contribution < -0.4 is 9.80 Å². The Bertz CT molecular complexity index is 3810. The van der Waals surface area contributed by atoms with Crippen LogP contribution in [0.3, 0.4) is 0 Å². The first-order valence-electron chi connectivity index (χ1n) is 27.5. The molecule has 4 heterocycles. The summed E-state index contributed by atoms with van der Waals surface area (Å²) in [7, 11) is 0. The zero-order chi connectivity index (χ0) is 54.0. The number of benzene rings is 10. The van der Waals surface area contributed by atoms with Crippen LogP contribution in [0.25, 0.3) is 78.9 Å². The Hall–Kier alpha value is -10.0. The minimum Gasteiger partial charge on any atom is -0.310 e. The van der Waals surface area contributed by atoms with E-state index < -0.39 is 0 Å². The highest BCUT2D eigenvalue weighted by Gasteiger charge is 2.38. The van der Waals surface area contributed by atoms with Crippen molar-refractivity contribution in [1.29, 1.82) is 0 Å². The van der Waals surface area contributed by atoms with Crippen LogP contribution in [0.15, 0.2) is 267 Å². The van der Waals surface area contributed by atoms with E-state index in [2.05, 4.69) is 280 Å². The molecular formula is C74H56N6. The number of para-hydroxylation sites is 4. The molecule has 0 unspecified atom stereocenters. The van der Waals surface area contributed by atoms with Gasteiger partial charge in [-0.2, -0.15) is 0 Å². The summed E-state index contributed by atoms with van der Waals surface area (Å²) in [6, 6.07) is 95.1. The van der Waals surface area contributed by atoms with Crippen molar-refractivity contribution >= 4 is 34.1 Å². The molecule has 0 aliphatic carbocycles. The minimum absolute atomic E-state index is 0.256. The Labute approximate surface area is 468 Å². The van der Waals surface area contributed by atoms with Crippen molar-refractivity contribution in [2.45, 2.75) is 38.5 Å². The van der Waals surface area contributed by atoms with E-state index in [4.69, 9.17) is 19.9 Å². The average Bonchev–Trinajstić information content (AvgIpc) is 3.66. The van der Waals surface area contributed by atoms with Gasteiger partial charge in [-0.1, -0.05) is 222 Å². The lowest BCUT2D eigenvalue weighted by molar-refractivity contribution is 0.631. The molecule has 0 fully saturated rings. The number of aromatic nitrogens is 4. The molecule has 0 bridgehead atoms. The largest absolute Gasteiger partial charge is 0.310 e. The Morgan fingerprint density at radius 3 is 0.750 bits per heavy atom. The molecule has 0 radical (unpaired) electrons. The normalized spacial score (nSPS) is 13.7. The summed E-state index contributed by atoms with van der Waals surface area (Å²) in [5, 5.41) is 0. The molecule has 0 saturated heterocycles. The first-order valence-corrected chi connectivity index (χ1v) is 27.5. The van der Waals surface area contributed by atoms with Gasteiger partial charge in [-0.15, -0.1) is 0 Å². The summed E-state index contributed by atoms with van der Waals surface area (Å²) in [5.41, 5.74) is 22.1. The molecule has 0 saturated carbocycles. The molecule has 80 heavy (non-hydrogen) atoms. The topological polar surface area (TPSA) is 58.0 Å². The smallest absolute Gasteiger partial charge is 0.160 e. The lowest BCUT2D eigenvalue weighted by Gasteiger charge is -2.42. The zero-order valence-corrected chi connectivity index (χ0v) is 45.1. The lowest BCUT2D eigenvalue weighted by atomic mass is 9.73. The van der Waals surface area contributed by atoms with E-state index in [0.717, 1.165) is 101 Å². The number of hydrogen-bond acceptors (Lipinski definition) is 6. The highest BCUT2D eigenvalue weighted by atomic mass is 15.2. The van der Waals surface area contributed by atoms with Gasteiger partial charge in [0.2, 0.25) is 0 Å². The van der Waals surface area contributed by atoms with Gasteiger partial charge in [-0.25, -0.2) is 19.9 Å². The summed E-state index contributed by atoms with van der Waals surface area (Å²) in [5.74, 6) is 1.24. The van der Waals surface area contributed by atoms with Crippen molar-refractivity contribution in [3.8, 4) is 78.9 Å². The quantitative estimate of drug-likeness (QED) is 0.144. The number of hydrogen-bond donors (Lipinski definition) is 0. The summed E-state index contributed by atoms with van der Waals surface area (Å²) < 4.78 is 0. The van der Waals surface area contributed by atoms with Crippen molar-refractivity contribution in [2.24, 2.45) is 0 Å². The second kappa shape index (κ2) is 19.5. The average molecular weight is 1030 g/mol. The molecule has 0 spiro atoms. The zero-order valence-electron chi connectivity index (χ0n) is 45.1. The summed E-state index contributed by atoms with van der Waals surface area (Å²) >= 11 is 0. The number of nitrogens with zero attached hydrogens (tertiary/aromatic N) is 6. The second-order valence-corrected chi connectivity index (χ2v) is 21.9. The van der Waals surface area contributed by atoms with E-state index in [-0.39, 0.29) is 10.8 Å². The standard InChI is InChI=1S/C74H56N6/c1-73(2)59-33-17-21-37-67(59)79(68-38-22-18-34-60(68)73)57-43-53(41-55(45-57)71-75-63(49-25-9-5-10-26-49)47-64(76-71)50-27-11-6-12-28-50)54-42-56(72-77-65(51-29-13-7-14-30-51)48-66(78-72)52-31-15-8-16-32-52)46-58(44-54)80-69-39-23-19-35-61(69)74(3,4)62-36-20-24-40-70(62)80/h5-48H,1-4H3. The van der Waals surface area contributed by atoms with Crippen molar-refractivity contribution < 1.29 is 0 Å². The molecule has 0 N–H and O–H groups in total. The fraction of sp³-hybridized carbons (Fsp3) is 0.0811. The maximum Gasteiger partial charge on any atom is 0.160 e. The second-order valence-electron chi connectivity index (χ2n) is 21.9. The van der Waals surface area contributed by atoms with Crippen LogP contribution in [0.4, 0.5) is 34.1 Å². The molecule has 12 aromatic rings. The molecule has 14 rings (SSSR count). The number of rotatable bonds is 9. The fourth-order valence-corrected chi connectivity index (χ4v) is 12.1. The summed E-state index contributed by atoms with van der Waals surface area (Å²) in [6.45, 7) is 9.34. The molecule has 382 valence electrons. The van der Waals surface area contributed by atoms with Crippen molar-refractivity contribution in [3.05, 3.63) is 289 Å². The van der Waals surface area contributed by atoms with Gasteiger partial charge < -0.3 is 9.80 Å². The monoisotopic (exact) mass is 1030 g/mol. The number of anilines is 6. The third kappa shape index (κ3) is 8.44. The van der Waals surface area contributed by atoms with E-state index in [1.54, 1.807) is 0 Å². The van der Waals surface area contributed by atoms with Crippen LogP contribution in [0, 0.1) is 0 Å². The van der Waals surface area contributed by atoms with E-state index in [0.29, 0.717) is 11.6 Å². The van der Waals surface area contributed by atoms with Crippen LogP contribution in [-0.4, -0.2) is 19.9 Å². The molecule has 10 aromatic carbocycles. The van der Waals surface area contributed by atoms with Gasteiger partial charge in [-0.3, -0.25) is 0 Å². The Kier molecular flexibility index (Phi) is 11.8. The van der Waals surface area contributed by atoms with Gasteiger partial charge in [0, 0.05) is 55.6 Å². The fourth-order valence-electron chi connectivity index (χ4n) is 12.1. The van der Waals surface area contributed by atoms with Crippen LogP contribution in [-0.2, 0) is 10.8 Å². The van der Waals surface area contributed by atoms with Gasteiger partial charge in [0.25, 0.3) is 0 Å². The van der Waals surface area contributed by atoms with E-state index in [9.17, 15) is 0 Å². The molecule has 0 atom stereocenters. The molecule has 0 amide bonds. The highest BCUT2D eigenvalue weighted by molar-refractivity contribution is 5.93. The minimum atomic E-state index is -0.256. The van der Waals surface area contributed by atoms with E-state index >= 15 is 0 Å². The van der Waals surface area contributed by atoms with Crippen LogP contribution in [0.5, 0.6) is 0 Å². The summed E-state index contributed by atoms with van der Waals surface area (Å²) in [6.07, 6.45) is 0. The molecule has 2 aromatic heterocycles. The SMILES string of the molecule is CC1(C)c2ccccc2N(c2cc(-c3cc(-c4nc(-c5ccccc5)cc(-c5ccccc5)n4)cc(N4c5ccccc5C(C)(C)c5ccccc54)c3)cc(-c3nc(-c4ccccc4)cc(-c4ccccc4)n3)c2)c2ccccc21. The molecular weight excluding hydrogens is 973 g/mol. The van der Waals surface area contributed by atoms with Crippen molar-refractivity contribution in [2.75, 3.05) is 9.80 Å². The Morgan fingerprint density at radius 1 is 0.237 bits per heavy atom. The maximum atomic E-state index is 5.47. The molecule has 6 heteroatoms. The van der Waals surface area contributed by atoms with Gasteiger partial charge in [-0.05, 0) is 106 Å². The predicted molar refractivity (Wildman–Crippen MR) is 329 cm³/mol. The molecule has 6 nitrogen and oxygen atoms in total. The third-order valence-corrected chi connectivity index (χ3v) is 16.2. The van der Waals surface area contributed by atoms with Gasteiger partial charge in [0.05, 0.1) is 45.5 Å². The maximum absolute atomic E-state index is 5.47. The van der Waals surface area contributed by atoms with E-state index in [1.807, 2.05) is 24.3 Å². The third-order valence-electron chi connectivity index (χ3n) is 16.2. The Balaban J connectivity index is 1.07. The molecule has 2 aliphatic rings. The van der Waals surface area contributed by atoms with Crippen LogP contribution in [0.1, 0.15) is 49.9 Å². The number of fused-ring (bicyclic) bond motifs is 4. The summed E-state index contributed by atoms with van der Waals surface area (Å²) in [4.78, 5) is 26.8. The van der Waals surface area contributed by atoms with Crippen molar-refractivity contribution in [3.63, 3.8) is 0 Å². The van der Waals surface area contributed by atoms with Crippen molar-refractivity contribution in [1.82, 2.24) is 19.9 Å². The van der Waals surface area contributed by atoms with Gasteiger partial charge >= 0.3 is 0 Å². The predicted octanol–water partition coefficient (Wildman–Crippen LogP) is 19.2. The first kappa shape index (κ1) is 48.3.